The lowest BCUT2D eigenvalue weighted by Gasteiger charge is -2.19. The number of esters is 1. The first-order valence-corrected chi connectivity index (χ1v) is 14.4. The van der Waals surface area contributed by atoms with Crippen molar-refractivity contribution in [2.45, 2.75) is 47.5 Å². The van der Waals surface area contributed by atoms with Crippen LogP contribution in [0, 0.1) is 45.4 Å². The molecule has 0 saturated carbocycles. The minimum Gasteiger partial charge on any atom is -0.468 e. The molecule has 0 amide bonds. The zero-order valence-corrected chi connectivity index (χ0v) is 24.9. The van der Waals surface area contributed by atoms with E-state index in [0.29, 0.717) is 29.7 Å². The van der Waals surface area contributed by atoms with Crippen molar-refractivity contribution in [2.75, 3.05) is 7.11 Å². The van der Waals surface area contributed by atoms with Crippen molar-refractivity contribution in [3.8, 4) is 0 Å². The number of rotatable bonds is 5. The Morgan fingerprint density at radius 2 is 1.62 bits per heavy atom. The fourth-order valence-electron chi connectivity index (χ4n) is 6.87. The Labute approximate surface area is 244 Å². The fraction of sp³-hybridized carbons (Fsp3) is 0.324. The predicted octanol–water partition coefficient (Wildman–Crippen LogP) is 4.09. The molecule has 3 aliphatic rings. The van der Waals surface area contributed by atoms with Gasteiger partial charge in [0.2, 0.25) is 0 Å². The molecule has 3 atom stereocenters. The smallest absolute Gasteiger partial charge is 0.321 e. The second kappa shape index (κ2) is 10.0. The van der Waals surface area contributed by atoms with E-state index in [-0.39, 0.29) is 17.6 Å². The summed E-state index contributed by atoms with van der Waals surface area (Å²) in [6, 6.07) is 0. The van der Waals surface area contributed by atoms with Crippen molar-refractivity contribution in [1.82, 2.24) is 20.3 Å². The molecule has 1 saturated heterocycles. The average molecular weight is 565 g/mol. The second-order valence-electron chi connectivity index (χ2n) is 11.6. The highest BCUT2D eigenvalue weighted by atomic mass is 16.5. The third-order valence-corrected chi connectivity index (χ3v) is 9.51. The SMILES string of the molecule is C=Cc1c2[nH]c(c1C)/C=C1\N/C(=C3\c4[nH]c(c(C)c4C(=O)[C@@H]3C(=O)OC)/C=c3\[nH]/c(c(C)c3C)=C\2)[C@@H](CCC=O)[C@@H]1C. The lowest BCUT2D eigenvalue weighted by molar-refractivity contribution is -0.141. The van der Waals surface area contributed by atoms with Crippen molar-refractivity contribution in [2.24, 2.45) is 17.8 Å². The summed E-state index contributed by atoms with van der Waals surface area (Å²) in [6.07, 6.45) is 9.97. The van der Waals surface area contributed by atoms with E-state index in [1.165, 1.54) is 7.11 Å². The highest BCUT2D eigenvalue weighted by Crippen LogP contribution is 2.48. The molecule has 0 spiro atoms. The van der Waals surface area contributed by atoms with Gasteiger partial charge in [0.25, 0.3) is 0 Å². The third kappa shape index (κ3) is 3.92. The van der Waals surface area contributed by atoms with Crippen LogP contribution in [0.2, 0.25) is 0 Å². The lowest BCUT2D eigenvalue weighted by Crippen LogP contribution is -2.25. The monoisotopic (exact) mass is 564 g/mol. The summed E-state index contributed by atoms with van der Waals surface area (Å²) in [5.74, 6) is -2.06. The Hall–Kier alpha value is -4.59. The second-order valence-corrected chi connectivity index (χ2v) is 11.6. The van der Waals surface area contributed by atoms with Gasteiger partial charge in [-0.1, -0.05) is 19.6 Å². The number of aldehydes is 1. The molecule has 3 aromatic heterocycles. The summed E-state index contributed by atoms with van der Waals surface area (Å²) in [4.78, 5) is 49.3. The molecule has 216 valence electrons. The quantitative estimate of drug-likeness (QED) is 0.211. The van der Waals surface area contributed by atoms with Crippen LogP contribution >= 0.6 is 0 Å². The van der Waals surface area contributed by atoms with Crippen LogP contribution in [0.4, 0.5) is 0 Å². The Morgan fingerprint density at radius 3 is 2.26 bits per heavy atom. The van der Waals surface area contributed by atoms with Crippen molar-refractivity contribution in [1.29, 1.82) is 0 Å². The van der Waals surface area contributed by atoms with Gasteiger partial charge in [0, 0.05) is 74.1 Å². The topological polar surface area (TPSA) is 120 Å². The Bertz CT molecular complexity index is 1890. The molecule has 8 nitrogen and oxygen atoms in total. The summed E-state index contributed by atoms with van der Waals surface area (Å²) in [6.45, 7) is 14.3. The van der Waals surface area contributed by atoms with Gasteiger partial charge in [-0.3, -0.25) is 9.59 Å². The van der Waals surface area contributed by atoms with Gasteiger partial charge in [0.1, 0.15) is 12.2 Å². The summed E-state index contributed by atoms with van der Waals surface area (Å²) >= 11 is 0. The van der Waals surface area contributed by atoms with Crippen LogP contribution in [0.3, 0.4) is 0 Å². The zero-order chi connectivity index (χ0) is 30.0. The van der Waals surface area contributed by atoms with Crippen molar-refractivity contribution in [3.63, 3.8) is 0 Å². The predicted molar refractivity (Wildman–Crippen MR) is 164 cm³/mol. The Morgan fingerprint density at radius 1 is 0.952 bits per heavy atom. The van der Waals surface area contributed by atoms with E-state index in [2.05, 4.69) is 66.7 Å². The molecule has 1 aliphatic carbocycles. The Balaban J connectivity index is 1.74. The van der Waals surface area contributed by atoms with Gasteiger partial charge in [-0.2, -0.15) is 0 Å². The van der Waals surface area contributed by atoms with Gasteiger partial charge in [0.15, 0.2) is 5.78 Å². The molecule has 0 unspecified atom stereocenters. The van der Waals surface area contributed by atoms with Crippen molar-refractivity contribution >= 4 is 47.9 Å². The molecule has 42 heavy (non-hydrogen) atoms. The molecule has 8 heteroatoms. The summed E-state index contributed by atoms with van der Waals surface area (Å²) in [5.41, 5.74) is 11.3. The molecule has 2 aliphatic heterocycles. The highest BCUT2D eigenvalue weighted by molar-refractivity contribution is 6.24. The van der Waals surface area contributed by atoms with E-state index in [1.54, 1.807) is 0 Å². The maximum atomic E-state index is 13.9. The number of carbonyl (C=O) groups is 3. The van der Waals surface area contributed by atoms with Gasteiger partial charge < -0.3 is 29.8 Å². The normalized spacial score (nSPS) is 25.1. The van der Waals surface area contributed by atoms with Crippen LogP contribution in [0.1, 0.15) is 80.7 Å². The van der Waals surface area contributed by atoms with Crippen LogP contribution in [0.25, 0.3) is 29.9 Å². The molecule has 8 bridgehead atoms. The molecule has 0 aromatic carbocycles. The van der Waals surface area contributed by atoms with Gasteiger partial charge in [-0.15, -0.1) is 0 Å². The van der Waals surface area contributed by atoms with Crippen LogP contribution in [-0.4, -0.2) is 40.1 Å². The molecule has 0 radical (unpaired) electrons. The van der Waals surface area contributed by atoms with Gasteiger partial charge in [0.05, 0.1) is 12.8 Å². The number of fused-ring (bicyclic) bond motifs is 7. The molecule has 6 rings (SSSR count). The van der Waals surface area contributed by atoms with Gasteiger partial charge in [-0.25, -0.2) is 0 Å². The van der Waals surface area contributed by atoms with Gasteiger partial charge >= 0.3 is 5.97 Å². The van der Waals surface area contributed by atoms with Crippen molar-refractivity contribution in [3.05, 3.63) is 84.8 Å². The van der Waals surface area contributed by atoms with E-state index < -0.39 is 11.9 Å². The lowest BCUT2D eigenvalue weighted by atomic mass is 9.85. The van der Waals surface area contributed by atoms with Crippen LogP contribution < -0.4 is 16.0 Å². The molecule has 3 aromatic rings. The first-order valence-electron chi connectivity index (χ1n) is 14.4. The van der Waals surface area contributed by atoms with E-state index in [1.807, 2.05) is 19.1 Å². The number of ketones is 1. The zero-order valence-electron chi connectivity index (χ0n) is 24.9. The maximum absolute atomic E-state index is 13.9. The number of nitrogens with one attached hydrogen (secondary N) is 4. The number of ether oxygens (including phenoxy) is 1. The average Bonchev–Trinajstić information content (AvgIpc) is 3.70. The van der Waals surface area contributed by atoms with Gasteiger partial charge in [-0.05, 0) is 74.6 Å². The van der Waals surface area contributed by atoms with Crippen molar-refractivity contribution < 1.29 is 19.1 Å². The first kappa shape index (κ1) is 27.6. The number of allylic oxidation sites excluding steroid dienone is 2. The van der Waals surface area contributed by atoms with E-state index in [4.69, 9.17) is 4.74 Å². The number of hydrogen-bond donors (Lipinski definition) is 4. The number of Topliss-reactive ketones (excluding diaryl/α,β-unsaturated/α-hetero) is 1. The summed E-state index contributed by atoms with van der Waals surface area (Å²) in [7, 11) is 1.31. The highest BCUT2D eigenvalue weighted by Gasteiger charge is 2.48. The Kier molecular flexibility index (Phi) is 6.60. The number of methoxy groups -OCH3 is 1. The van der Waals surface area contributed by atoms with Crippen LogP contribution in [-0.2, 0) is 14.3 Å². The molecular weight excluding hydrogens is 528 g/mol. The molecule has 1 fully saturated rings. The number of carbonyl (C=O) groups excluding carboxylic acids is 3. The fourth-order valence-corrected chi connectivity index (χ4v) is 6.87. The van der Waals surface area contributed by atoms with E-state index in [0.717, 1.165) is 73.3 Å². The number of hydrogen-bond acceptors (Lipinski definition) is 5. The third-order valence-electron chi connectivity index (χ3n) is 9.51. The minimum absolute atomic E-state index is 0.000391. The number of aromatic nitrogens is 3. The standard InChI is InChI=1S/C34H36N4O4/c1-8-20-17(4)24-13-25-18(5)21(10-9-11-39)31(37-25)29-30(34(41)42-7)33(40)28-19(6)26(38-32(28)29)12-22-15(2)16(3)23(35-22)14-27(20)36-24/h8,11-14,18,21,30,35-38H,1,9-10H2,2-7H3/b22-12-,23-14-,25-13-,31-29-/t18-,21-,30+/m0/s1. The van der Waals surface area contributed by atoms with E-state index in [9.17, 15) is 14.4 Å². The molecule has 4 N–H and O–H groups in total. The first-order chi connectivity index (χ1) is 20.1. The van der Waals surface area contributed by atoms with Crippen LogP contribution in [0.5, 0.6) is 0 Å². The summed E-state index contributed by atoms with van der Waals surface area (Å²) < 4.78 is 5.16. The van der Waals surface area contributed by atoms with E-state index >= 15 is 0 Å². The largest absolute Gasteiger partial charge is 0.468 e. The maximum Gasteiger partial charge on any atom is 0.321 e. The van der Waals surface area contributed by atoms with Crippen LogP contribution in [0.15, 0.2) is 18.0 Å². The minimum atomic E-state index is -1.09. The molecule has 5 heterocycles. The number of aromatic amines is 3. The molecular formula is C34H36N4O4. The summed E-state index contributed by atoms with van der Waals surface area (Å²) in [5, 5.41) is 5.54. The number of H-pyrrole nitrogens is 3.